The SMILES string of the molecule is COC(=O)c1ncn2c1C(=O)N(c1cc(C)cc(C)c1)[C@@](C)(C(=O)NCc1ccccc1OC)C2. The van der Waals surface area contributed by atoms with E-state index in [0.717, 1.165) is 16.7 Å². The van der Waals surface area contributed by atoms with Gasteiger partial charge in [-0.05, 0) is 50.1 Å². The molecule has 3 aromatic rings. The Balaban J connectivity index is 1.78. The number of methoxy groups -OCH3 is 2. The monoisotopic (exact) mass is 476 g/mol. The molecule has 0 unspecified atom stereocenters. The van der Waals surface area contributed by atoms with Gasteiger partial charge >= 0.3 is 5.97 Å². The van der Waals surface area contributed by atoms with Crippen LogP contribution in [0, 0.1) is 13.8 Å². The van der Waals surface area contributed by atoms with Gasteiger partial charge in [-0.1, -0.05) is 24.3 Å². The highest BCUT2D eigenvalue weighted by Crippen LogP contribution is 2.35. The van der Waals surface area contributed by atoms with E-state index in [1.165, 1.54) is 22.9 Å². The summed E-state index contributed by atoms with van der Waals surface area (Å²) >= 11 is 0. The molecule has 0 radical (unpaired) electrons. The Morgan fingerprint density at radius 1 is 1.11 bits per heavy atom. The zero-order valence-electron chi connectivity index (χ0n) is 20.4. The predicted molar refractivity (Wildman–Crippen MR) is 130 cm³/mol. The van der Waals surface area contributed by atoms with E-state index in [1.807, 2.05) is 56.3 Å². The van der Waals surface area contributed by atoms with E-state index < -0.39 is 17.4 Å². The normalized spacial score (nSPS) is 17.1. The van der Waals surface area contributed by atoms with Crippen molar-refractivity contribution in [1.29, 1.82) is 0 Å². The maximum atomic E-state index is 13.9. The fourth-order valence-corrected chi connectivity index (χ4v) is 4.58. The van der Waals surface area contributed by atoms with Crippen LogP contribution in [0.4, 0.5) is 5.69 Å². The van der Waals surface area contributed by atoms with Crippen LogP contribution in [0.25, 0.3) is 0 Å². The quantitative estimate of drug-likeness (QED) is 0.549. The first kappa shape index (κ1) is 24.0. The minimum Gasteiger partial charge on any atom is -0.496 e. The predicted octanol–water partition coefficient (Wildman–Crippen LogP) is 3.03. The zero-order chi connectivity index (χ0) is 25.3. The second-order valence-corrected chi connectivity index (χ2v) is 8.82. The molecule has 35 heavy (non-hydrogen) atoms. The Bertz CT molecular complexity index is 1290. The van der Waals surface area contributed by atoms with Crippen LogP contribution in [0.2, 0.25) is 0 Å². The van der Waals surface area contributed by atoms with Gasteiger partial charge in [0.15, 0.2) is 5.69 Å². The number of benzene rings is 2. The average molecular weight is 477 g/mol. The standard InChI is InChI=1S/C26H28N4O5/c1-16-10-17(2)12-19(11-16)30-23(31)22-21(24(32)35-5)28-15-29(22)14-26(30,3)25(33)27-13-18-8-6-7-9-20(18)34-4/h6-12,15H,13-14H2,1-5H3,(H,27,33)/t26-/m1/s1. The number of imidazole rings is 1. The number of rotatable bonds is 6. The van der Waals surface area contributed by atoms with Crippen molar-refractivity contribution in [3.05, 3.63) is 76.9 Å². The maximum absolute atomic E-state index is 13.9. The van der Waals surface area contributed by atoms with E-state index in [1.54, 1.807) is 14.0 Å². The van der Waals surface area contributed by atoms with E-state index in [9.17, 15) is 14.4 Å². The van der Waals surface area contributed by atoms with Crippen molar-refractivity contribution >= 4 is 23.5 Å². The summed E-state index contributed by atoms with van der Waals surface area (Å²) in [5.41, 5.74) is 1.96. The third-order valence-electron chi connectivity index (χ3n) is 6.18. The summed E-state index contributed by atoms with van der Waals surface area (Å²) in [6.07, 6.45) is 1.39. The van der Waals surface area contributed by atoms with Crippen molar-refractivity contribution in [3.8, 4) is 5.75 Å². The van der Waals surface area contributed by atoms with Gasteiger partial charge in [0.1, 0.15) is 17.0 Å². The van der Waals surface area contributed by atoms with Gasteiger partial charge < -0.3 is 19.4 Å². The van der Waals surface area contributed by atoms with Crippen molar-refractivity contribution in [3.63, 3.8) is 0 Å². The van der Waals surface area contributed by atoms with Crippen LogP contribution in [0.3, 0.4) is 0 Å². The molecule has 0 saturated carbocycles. The largest absolute Gasteiger partial charge is 0.496 e. The lowest BCUT2D eigenvalue weighted by Crippen LogP contribution is -2.64. The van der Waals surface area contributed by atoms with Crippen LogP contribution in [-0.4, -0.2) is 47.1 Å². The summed E-state index contributed by atoms with van der Waals surface area (Å²) in [6.45, 7) is 5.88. The first-order valence-corrected chi connectivity index (χ1v) is 11.2. The molecular weight excluding hydrogens is 448 g/mol. The van der Waals surface area contributed by atoms with Gasteiger partial charge in [0.25, 0.3) is 5.91 Å². The van der Waals surface area contributed by atoms with Gasteiger partial charge in [0.05, 0.1) is 27.1 Å². The number of ether oxygens (including phenoxy) is 2. The first-order valence-electron chi connectivity index (χ1n) is 11.2. The number of carbonyl (C=O) groups excluding carboxylic acids is 3. The van der Waals surface area contributed by atoms with E-state index in [2.05, 4.69) is 10.3 Å². The Morgan fingerprint density at radius 2 is 1.80 bits per heavy atom. The van der Waals surface area contributed by atoms with Crippen LogP contribution in [0.1, 0.15) is 44.6 Å². The molecule has 0 aliphatic carbocycles. The number of amides is 2. The Labute approximate surface area is 203 Å². The molecule has 2 amide bonds. The first-order chi connectivity index (χ1) is 16.7. The molecule has 9 nitrogen and oxygen atoms in total. The molecule has 0 fully saturated rings. The fourth-order valence-electron chi connectivity index (χ4n) is 4.58. The number of aromatic nitrogens is 2. The Morgan fingerprint density at radius 3 is 2.46 bits per heavy atom. The number of aryl methyl sites for hydroxylation is 2. The highest BCUT2D eigenvalue weighted by Gasteiger charge is 2.49. The lowest BCUT2D eigenvalue weighted by atomic mass is 9.92. The molecule has 1 aliphatic heterocycles. The van der Waals surface area contributed by atoms with Gasteiger partial charge in [0, 0.05) is 17.8 Å². The summed E-state index contributed by atoms with van der Waals surface area (Å²) in [6, 6.07) is 13.1. The van der Waals surface area contributed by atoms with Crippen LogP contribution < -0.4 is 15.0 Å². The molecule has 0 saturated heterocycles. The van der Waals surface area contributed by atoms with Crippen molar-refractivity contribution < 1.29 is 23.9 Å². The van der Waals surface area contributed by atoms with E-state index in [-0.39, 0.29) is 30.4 Å². The number of hydrogen-bond acceptors (Lipinski definition) is 6. The van der Waals surface area contributed by atoms with Crippen LogP contribution in [0.5, 0.6) is 5.75 Å². The van der Waals surface area contributed by atoms with E-state index in [0.29, 0.717) is 11.4 Å². The number of anilines is 1. The molecule has 2 heterocycles. The smallest absolute Gasteiger partial charge is 0.359 e. The Hall–Kier alpha value is -4.14. The molecule has 0 bridgehead atoms. The molecule has 1 aromatic heterocycles. The minimum atomic E-state index is -1.31. The second-order valence-electron chi connectivity index (χ2n) is 8.82. The third kappa shape index (κ3) is 4.25. The molecular formula is C26H28N4O5. The Kier molecular flexibility index (Phi) is 6.34. The van der Waals surface area contributed by atoms with Crippen LogP contribution >= 0.6 is 0 Å². The summed E-state index contributed by atoms with van der Waals surface area (Å²) in [4.78, 5) is 45.5. The second kappa shape index (κ2) is 9.25. The van der Waals surface area contributed by atoms with E-state index >= 15 is 0 Å². The number of nitrogens with zero attached hydrogens (tertiary/aromatic N) is 3. The number of esters is 1. The lowest BCUT2D eigenvalue weighted by molar-refractivity contribution is -0.126. The summed E-state index contributed by atoms with van der Waals surface area (Å²) < 4.78 is 11.8. The molecule has 2 aromatic carbocycles. The van der Waals surface area contributed by atoms with Gasteiger partial charge in [0.2, 0.25) is 5.91 Å². The molecule has 1 N–H and O–H groups in total. The number of para-hydroxylation sites is 1. The summed E-state index contributed by atoms with van der Waals surface area (Å²) in [5.74, 6) is -0.913. The average Bonchev–Trinajstić information content (AvgIpc) is 3.25. The van der Waals surface area contributed by atoms with Crippen LogP contribution in [0.15, 0.2) is 48.8 Å². The molecule has 0 spiro atoms. The number of carbonyl (C=O) groups is 3. The van der Waals surface area contributed by atoms with Crippen molar-refractivity contribution in [2.24, 2.45) is 0 Å². The number of hydrogen-bond donors (Lipinski definition) is 1. The number of fused-ring (bicyclic) bond motifs is 1. The molecule has 1 atom stereocenters. The van der Waals surface area contributed by atoms with Crippen molar-refractivity contribution in [2.75, 3.05) is 19.1 Å². The summed E-state index contributed by atoms with van der Waals surface area (Å²) in [7, 11) is 2.81. The molecule has 182 valence electrons. The van der Waals surface area contributed by atoms with Gasteiger partial charge in [-0.25, -0.2) is 9.78 Å². The van der Waals surface area contributed by atoms with Crippen LogP contribution in [-0.2, 0) is 22.6 Å². The number of nitrogens with one attached hydrogen (secondary N) is 1. The maximum Gasteiger partial charge on any atom is 0.359 e. The van der Waals surface area contributed by atoms with E-state index in [4.69, 9.17) is 9.47 Å². The molecule has 4 rings (SSSR count). The van der Waals surface area contributed by atoms with Crippen molar-refractivity contribution in [1.82, 2.24) is 14.9 Å². The minimum absolute atomic E-state index is 0.0802. The lowest BCUT2D eigenvalue weighted by Gasteiger charge is -2.43. The molecule has 9 heteroatoms. The van der Waals surface area contributed by atoms with Gasteiger partial charge in [-0.2, -0.15) is 0 Å². The van der Waals surface area contributed by atoms with Crippen molar-refractivity contribution in [2.45, 2.75) is 39.4 Å². The zero-order valence-corrected chi connectivity index (χ0v) is 20.4. The topological polar surface area (TPSA) is 103 Å². The highest BCUT2D eigenvalue weighted by molar-refractivity contribution is 6.15. The van der Waals surface area contributed by atoms with Gasteiger partial charge in [-0.15, -0.1) is 0 Å². The molecule has 1 aliphatic rings. The summed E-state index contributed by atoms with van der Waals surface area (Å²) in [5, 5.41) is 2.97. The fraction of sp³-hybridized carbons (Fsp3) is 0.308. The third-order valence-corrected chi connectivity index (χ3v) is 6.18. The highest BCUT2D eigenvalue weighted by atomic mass is 16.5. The van der Waals surface area contributed by atoms with Gasteiger partial charge in [-0.3, -0.25) is 14.5 Å².